The van der Waals surface area contributed by atoms with E-state index in [-0.39, 0.29) is 5.78 Å². The summed E-state index contributed by atoms with van der Waals surface area (Å²) in [5.74, 6) is 0.131. The molecule has 1 aromatic carbocycles. The van der Waals surface area contributed by atoms with Crippen LogP contribution in [0.3, 0.4) is 0 Å². The lowest BCUT2D eigenvalue weighted by Crippen LogP contribution is -2.03. The van der Waals surface area contributed by atoms with Gasteiger partial charge in [-0.05, 0) is 30.4 Å². The van der Waals surface area contributed by atoms with Crippen molar-refractivity contribution in [1.82, 2.24) is 0 Å². The lowest BCUT2D eigenvalue weighted by atomic mass is 9.99. The molecular weight excluding hydrogens is 204 g/mol. The fraction of sp³-hybridized carbons (Fsp3) is 0.154. The average Bonchev–Trinajstić information content (AvgIpc) is 2.64. The standard InChI is InChI=1S/C13H12OS/c1-9-5-3-4-6-11(9)13(14)12-8-15-7-10(12)2/h3-8H,1-2H3. The highest BCUT2D eigenvalue weighted by Crippen LogP contribution is 2.19. The van der Waals surface area contributed by atoms with Gasteiger partial charge in [-0.25, -0.2) is 0 Å². The number of rotatable bonds is 2. The van der Waals surface area contributed by atoms with Gasteiger partial charge in [0.15, 0.2) is 5.78 Å². The number of benzene rings is 1. The molecule has 0 radical (unpaired) electrons. The molecule has 15 heavy (non-hydrogen) atoms. The summed E-state index contributed by atoms with van der Waals surface area (Å²) in [5, 5.41) is 3.93. The number of thiophene rings is 1. The fourth-order valence-corrected chi connectivity index (χ4v) is 2.39. The number of aryl methyl sites for hydroxylation is 2. The highest BCUT2D eigenvalue weighted by atomic mass is 32.1. The van der Waals surface area contributed by atoms with E-state index in [1.54, 1.807) is 11.3 Å². The SMILES string of the molecule is Cc1ccccc1C(=O)c1cscc1C. The summed E-state index contributed by atoms with van der Waals surface area (Å²) in [7, 11) is 0. The lowest BCUT2D eigenvalue weighted by molar-refractivity contribution is 0.103. The molecule has 1 aromatic heterocycles. The second-order valence-electron chi connectivity index (χ2n) is 3.61. The van der Waals surface area contributed by atoms with Crippen molar-refractivity contribution in [3.63, 3.8) is 0 Å². The van der Waals surface area contributed by atoms with Gasteiger partial charge in [-0.1, -0.05) is 24.3 Å². The summed E-state index contributed by atoms with van der Waals surface area (Å²) in [6.07, 6.45) is 0. The van der Waals surface area contributed by atoms with Gasteiger partial charge in [0.2, 0.25) is 0 Å². The molecule has 0 unspecified atom stereocenters. The summed E-state index contributed by atoms with van der Waals surface area (Å²) in [5.41, 5.74) is 3.73. The normalized spacial score (nSPS) is 10.3. The van der Waals surface area contributed by atoms with E-state index in [9.17, 15) is 4.79 Å². The molecule has 2 aromatic rings. The zero-order valence-electron chi connectivity index (χ0n) is 8.78. The van der Waals surface area contributed by atoms with Crippen molar-refractivity contribution in [3.05, 3.63) is 57.3 Å². The first-order valence-corrected chi connectivity index (χ1v) is 5.77. The molecule has 0 spiro atoms. The van der Waals surface area contributed by atoms with E-state index < -0.39 is 0 Å². The molecule has 0 N–H and O–H groups in total. The van der Waals surface area contributed by atoms with Crippen molar-refractivity contribution in [2.24, 2.45) is 0 Å². The maximum atomic E-state index is 12.2. The van der Waals surface area contributed by atoms with E-state index in [1.807, 2.05) is 48.9 Å². The predicted octanol–water partition coefficient (Wildman–Crippen LogP) is 3.60. The van der Waals surface area contributed by atoms with E-state index >= 15 is 0 Å². The van der Waals surface area contributed by atoms with Crippen LogP contribution in [-0.4, -0.2) is 5.78 Å². The largest absolute Gasteiger partial charge is 0.289 e. The van der Waals surface area contributed by atoms with Gasteiger partial charge in [0, 0.05) is 16.5 Å². The summed E-state index contributed by atoms with van der Waals surface area (Å²) in [6, 6.07) is 7.71. The van der Waals surface area contributed by atoms with Crippen LogP contribution in [0.15, 0.2) is 35.0 Å². The smallest absolute Gasteiger partial charge is 0.194 e. The van der Waals surface area contributed by atoms with Crippen LogP contribution in [0.25, 0.3) is 0 Å². The van der Waals surface area contributed by atoms with Gasteiger partial charge >= 0.3 is 0 Å². The fourth-order valence-electron chi connectivity index (χ4n) is 1.57. The minimum absolute atomic E-state index is 0.131. The Morgan fingerprint density at radius 3 is 2.33 bits per heavy atom. The highest BCUT2D eigenvalue weighted by molar-refractivity contribution is 7.08. The first-order chi connectivity index (χ1) is 7.20. The molecule has 0 aliphatic rings. The van der Waals surface area contributed by atoms with Gasteiger partial charge in [-0.2, -0.15) is 11.3 Å². The minimum atomic E-state index is 0.131. The van der Waals surface area contributed by atoms with Crippen molar-refractivity contribution in [1.29, 1.82) is 0 Å². The van der Waals surface area contributed by atoms with Crippen molar-refractivity contribution in [3.8, 4) is 0 Å². The Labute approximate surface area is 93.4 Å². The molecule has 2 heteroatoms. The van der Waals surface area contributed by atoms with Crippen molar-refractivity contribution >= 4 is 17.1 Å². The molecule has 2 rings (SSSR count). The first-order valence-electron chi connectivity index (χ1n) is 4.83. The van der Waals surface area contributed by atoms with Crippen LogP contribution in [0.1, 0.15) is 27.0 Å². The van der Waals surface area contributed by atoms with Crippen LogP contribution in [0, 0.1) is 13.8 Å². The zero-order valence-corrected chi connectivity index (χ0v) is 9.60. The van der Waals surface area contributed by atoms with Crippen LogP contribution in [0.2, 0.25) is 0 Å². The Morgan fingerprint density at radius 1 is 1.00 bits per heavy atom. The Balaban J connectivity index is 2.46. The van der Waals surface area contributed by atoms with Crippen LogP contribution in [0.5, 0.6) is 0 Å². The molecule has 0 saturated heterocycles. The topological polar surface area (TPSA) is 17.1 Å². The van der Waals surface area contributed by atoms with Gasteiger partial charge in [-0.15, -0.1) is 0 Å². The molecule has 76 valence electrons. The predicted molar refractivity (Wildman–Crippen MR) is 63.7 cm³/mol. The Bertz CT molecular complexity index is 497. The maximum Gasteiger partial charge on any atom is 0.194 e. The minimum Gasteiger partial charge on any atom is -0.289 e. The highest BCUT2D eigenvalue weighted by Gasteiger charge is 2.13. The first kappa shape index (κ1) is 10.1. The number of carbonyl (C=O) groups is 1. The van der Waals surface area contributed by atoms with Crippen molar-refractivity contribution in [2.45, 2.75) is 13.8 Å². The number of hydrogen-bond acceptors (Lipinski definition) is 2. The number of hydrogen-bond donors (Lipinski definition) is 0. The van der Waals surface area contributed by atoms with Crippen molar-refractivity contribution < 1.29 is 4.79 Å². The summed E-state index contributed by atoms with van der Waals surface area (Å²) < 4.78 is 0. The molecular formula is C13H12OS. The van der Waals surface area contributed by atoms with E-state index in [4.69, 9.17) is 0 Å². The van der Waals surface area contributed by atoms with E-state index in [1.165, 1.54) is 0 Å². The molecule has 1 heterocycles. The van der Waals surface area contributed by atoms with E-state index in [2.05, 4.69) is 0 Å². The third-order valence-corrected chi connectivity index (χ3v) is 3.35. The second kappa shape index (κ2) is 3.99. The Hall–Kier alpha value is -1.41. The van der Waals surface area contributed by atoms with Gasteiger partial charge in [0.25, 0.3) is 0 Å². The van der Waals surface area contributed by atoms with Crippen LogP contribution in [-0.2, 0) is 0 Å². The Morgan fingerprint density at radius 2 is 1.73 bits per heavy atom. The lowest BCUT2D eigenvalue weighted by Gasteiger charge is -2.03. The number of carbonyl (C=O) groups excluding carboxylic acids is 1. The molecule has 0 amide bonds. The average molecular weight is 216 g/mol. The van der Waals surface area contributed by atoms with Gasteiger partial charge < -0.3 is 0 Å². The summed E-state index contributed by atoms with van der Waals surface area (Å²) in [4.78, 5) is 12.2. The zero-order chi connectivity index (χ0) is 10.8. The third-order valence-electron chi connectivity index (χ3n) is 2.49. The number of ketones is 1. The molecule has 0 bridgehead atoms. The van der Waals surface area contributed by atoms with Crippen molar-refractivity contribution in [2.75, 3.05) is 0 Å². The molecule has 0 aliphatic heterocycles. The van der Waals surface area contributed by atoms with Gasteiger partial charge in [0.1, 0.15) is 0 Å². The van der Waals surface area contributed by atoms with Crippen LogP contribution < -0.4 is 0 Å². The van der Waals surface area contributed by atoms with Gasteiger partial charge in [0.05, 0.1) is 0 Å². The van der Waals surface area contributed by atoms with E-state index in [0.29, 0.717) is 0 Å². The third kappa shape index (κ3) is 1.85. The van der Waals surface area contributed by atoms with Crippen LogP contribution >= 0.6 is 11.3 Å². The molecule has 0 fully saturated rings. The molecule has 0 saturated carbocycles. The maximum absolute atomic E-state index is 12.2. The second-order valence-corrected chi connectivity index (χ2v) is 4.36. The monoisotopic (exact) mass is 216 g/mol. The summed E-state index contributed by atoms with van der Waals surface area (Å²) >= 11 is 1.57. The molecule has 0 aliphatic carbocycles. The van der Waals surface area contributed by atoms with E-state index in [0.717, 1.165) is 22.3 Å². The Kier molecular flexibility index (Phi) is 2.69. The summed E-state index contributed by atoms with van der Waals surface area (Å²) in [6.45, 7) is 3.94. The van der Waals surface area contributed by atoms with Crippen LogP contribution in [0.4, 0.5) is 0 Å². The molecule has 1 nitrogen and oxygen atoms in total. The molecule has 0 atom stereocenters. The van der Waals surface area contributed by atoms with Gasteiger partial charge in [-0.3, -0.25) is 4.79 Å². The quantitative estimate of drug-likeness (QED) is 0.701.